The number of benzene rings is 1. The molecular weight excluding hydrogens is 310 g/mol. The van der Waals surface area contributed by atoms with Gasteiger partial charge in [0, 0.05) is 17.6 Å². The van der Waals surface area contributed by atoms with Crippen molar-refractivity contribution in [1.29, 1.82) is 0 Å². The van der Waals surface area contributed by atoms with Gasteiger partial charge in [-0.05, 0) is 31.7 Å². The molecule has 0 N–H and O–H groups in total. The SMILES string of the molecule is CCOC(=O)COCCN(C)Cc1cccc(Br)c1. The third-order valence-electron chi connectivity index (χ3n) is 2.48. The van der Waals surface area contributed by atoms with Crippen LogP contribution >= 0.6 is 15.9 Å². The van der Waals surface area contributed by atoms with E-state index in [1.165, 1.54) is 5.56 Å². The van der Waals surface area contributed by atoms with Crippen molar-refractivity contribution in [3.05, 3.63) is 34.3 Å². The highest BCUT2D eigenvalue weighted by Gasteiger charge is 2.03. The third-order valence-corrected chi connectivity index (χ3v) is 2.98. The Kier molecular flexibility index (Phi) is 7.70. The van der Waals surface area contributed by atoms with Crippen molar-refractivity contribution in [1.82, 2.24) is 4.90 Å². The van der Waals surface area contributed by atoms with E-state index in [0.717, 1.165) is 17.6 Å². The fraction of sp³-hybridized carbons (Fsp3) is 0.500. The molecule has 0 unspecified atom stereocenters. The first-order chi connectivity index (χ1) is 9.11. The van der Waals surface area contributed by atoms with Crippen LogP contribution in [0.5, 0.6) is 0 Å². The molecule has 0 atom stereocenters. The summed E-state index contributed by atoms with van der Waals surface area (Å²) in [4.78, 5) is 13.2. The van der Waals surface area contributed by atoms with Crippen LogP contribution in [0.1, 0.15) is 12.5 Å². The van der Waals surface area contributed by atoms with Gasteiger partial charge < -0.3 is 9.47 Å². The Morgan fingerprint density at radius 1 is 1.42 bits per heavy atom. The Hall–Kier alpha value is -0.910. The highest BCUT2D eigenvalue weighted by molar-refractivity contribution is 9.10. The van der Waals surface area contributed by atoms with Crippen LogP contribution in [0.2, 0.25) is 0 Å². The molecule has 0 aliphatic carbocycles. The minimum atomic E-state index is -0.308. The molecule has 5 heteroatoms. The first kappa shape index (κ1) is 16.1. The third kappa shape index (κ3) is 7.30. The number of carbonyl (C=O) groups excluding carboxylic acids is 1. The summed E-state index contributed by atoms with van der Waals surface area (Å²) in [6.45, 7) is 4.34. The van der Waals surface area contributed by atoms with Crippen molar-refractivity contribution in [2.45, 2.75) is 13.5 Å². The number of nitrogens with zero attached hydrogens (tertiary/aromatic N) is 1. The van der Waals surface area contributed by atoms with Gasteiger partial charge in [-0.2, -0.15) is 0 Å². The molecule has 0 saturated carbocycles. The van der Waals surface area contributed by atoms with E-state index in [9.17, 15) is 4.79 Å². The van der Waals surface area contributed by atoms with Gasteiger partial charge in [-0.25, -0.2) is 4.79 Å². The van der Waals surface area contributed by atoms with E-state index in [2.05, 4.69) is 33.0 Å². The van der Waals surface area contributed by atoms with E-state index in [1.54, 1.807) is 6.92 Å². The summed E-state index contributed by atoms with van der Waals surface area (Å²) < 4.78 is 11.1. The summed E-state index contributed by atoms with van der Waals surface area (Å²) in [6, 6.07) is 8.20. The second-order valence-corrected chi connectivity index (χ2v) is 5.14. The minimum Gasteiger partial charge on any atom is -0.464 e. The summed E-state index contributed by atoms with van der Waals surface area (Å²) in [5, 5.41) is 0. The summed E-state index contributed by atoms with van der Waals surface area (Å²) in [5.74, 6) is -0.308. The predicted octanol–water partition coefficient (Wildman–Crippen LogP) is 2.46. The molecule has 4 nitrogen and oxygen atoms in total. The summed E-state index contributed by atoms with van der Waals surface area (Å²) in [7, 11) is 2.02. The first-order valence-electron chi connectivity index (χ1n) is 6.28. The molecule has 0 aliphatic rings. The molecule has 0 radical (unpaired) electrons. The number of halogens is 1. The van der Waals surface area contributed by atoms with Gasteiger partial charge in [0.05, 0.1) is 13.2 Å². The molecule has 0 spiro atoms. The van der Waals surface area contributed by atoms with Crippen molar-refractivity contribution in [3.8, 4) is 0 Å². The van der Waals surface area contributed by atoms with Crippen LogP contribution in [0, 0.1) is 0 Å². The highest BCUT2D eigenvalue weighted by Crippen LogP contribution is 2.12. The Labute approximate surface area is 122 Å². The minimum absolute atomic E-state index is 0.0264. The molecule has 0 heterocycles. The van der Waals surface area contributed by atoms with E-state index in [0.29, 0.717) is 13.2 Å². The van der Waals surface area contributed by atoms with Gasteiger partial charge >= 0.3 is 5.97 Å². The van der Waals surface area contributed by atoms with Crippen molar-refractivity contribution in [2.24, 2.45) is 0 Å². The maximum absolute atomic E-state index is 11.1. The molecule has 1 rings (SSSR count). The number of likely N-dealkylation sites (N-methyl/N-ethyl adjacent to an activating group) is 1. The lowest BCUT2D eigenvalue weighted by Gasteiger charge is -2.16. The quantitative estimate of drug-likeness (QED) is 0.542. The number of ether oxygens (including phenoxy) is 2. The van der Waals surface area contributed by atoms with Crippen LogP contribution in [0.3, 0.4) is 0 Å². The van der Waals surface area contributed by atoms with Crippen molar-refractivity contribution >= 4 is 21.9 Å². The first-order valence-corrected chi connectivity index (χ1v) is 7.07. The van der Waals surface area contributed by atoms with Gasteiger partial charge in [0.15, 0.2) is 0 Å². The van der Waals surface area contributed by atoms with Gasteiger partial charge in [-0.1, -0.05) is 28.1 Å². The lowest BCUT2D eigenvalue weighted by Crippen LogP contribution is -2.24. The number of rotatable bonds is 8. The van der Waals surface area contributed by atoms with Crippen molar-refractivity contribution in [3.63, 3.8) is 0 Å². The van der Waals surface area contributed by atoms with Crippen LogP contribution in [0.4, 0.5) is 0 Å². The second-order valence-electron chi connectivity index (χ2n) is 4.23. The Bertz CT molecular complexity index is 398. The largest absolute Gasteiger partial charge is 0.464 e. The lowest BCUT2D eigenvalue weighted by molar-refractivity contribution is -0.148. The maximum atomic E-state index is 11.1. The fourth-order valence-corrected chi connectivity index (χ4v) is 2.05. The number of hydrogen-bond acceptors (Lipinski definition) is 4. The Morgan fingerprint density at radius 2 is 2.21 bits per heavy atom. The fourth-order valence-electron chi connectivity index (χ4n) is 1.60. The maximum Gasteiger partial charge on any atom is 0.332 e. The van der Waals surface area contributed by atoms with Crippen LogP contribution in [0.15, 0.2) is 28.7 Å². The standard InChI is InChI=1S/C14H20BrNO3/c1-3-19-14(17)11-18-8-7-16(2)10-12-5-4-6-13(15)9-12/h4-6,9H,3,7-8,10-11H2,1-2H3. The van der Waals surface area contributed by atoms with E-state index >= 15 is 0 Å². The Morgan fingerprint density at radius 3 is 2.89 bits per heavy atom. The zero-order valence-corrected chi connectivity index (χ0v) is 13.0. The molecule has 106 valence electrons. The monoisotopic (exact) mass is 329 g/mol. The van der Waals surface area contributed by atoms with Crippen LogP contribution < -0.4 is 0 Å². The number of hydrogen-bond donors (Lipinski definition) is 0. The van der Waals surface area contributed by atoms with E-state index in [4.69, 9.17) is 9.47 Å². The average molecular weight is 330 g/mol. The average Bonchev–Trinajstić information content (AvgIpc) is 2.35. The molecule has 0 fully saturated rings. The molecule has 0 saturated heterocycles. The zero-order valence-electron chi connectivity index (χ0n) is 11.4. The number of esters is 1. The highest BCUT2D eigenvalue weighted by atomic mass is 79.9. The molecular formula is C14H20BrNO3. The smallest absolute Gasteiger partial charge is 0.332 e. The topological polar surface area (TPSA) is 38.8 Å². The van der Waals surface area contributed by atoms with Gasteiger partial charge in [-0.15, -0.1) is 0 Å². The molecule has 0 amide bonds. The van der Waals surface area contributed by atoms with Gasteiger partial charge in [0.25, 0.3) is 0 Å². The van der Waals surface area contributed by atoms with Gasteiger partial charge in [-0.3, -0.25) is 4.90 Å². The zero-order chi connectivity index (χ0) is 14.1. The molecule has 0 aromatic heterocycles. The summed E-state index contributed by atoms with van der Waals surface area (Å²) in [6.07, 6.45) is 0. The number of carbonyl (C=O) groups is 1. The van der Waals surface area contributed by atoms with Crippen LogP contribution in [-0.2, 0) is 20.8 Å². The van der Waals surface area contributed by atoms with Crippen LogP contribution in [-0.4, -0.2) is 44.3 Å². The molecule has 19 heavy (non-hydrogen) atoms. The van der Waals surface area contributed by atoms with Crippen molar-refractivity contribution in [2.75, 3.05) is 33.4 Å². The van der Waals surface area contributed by atoms with E-state index in [1.807, 2.05) is 19.2 Å². The predicted molar refractivity (Wildman–Crippen MR) is 77.9 cm³/mol. The van der Waals surface area contributed by atoms with E-state index in [-0.39, 0.29) is 12.6 Å². The molecule has 1 aromatic carbocycles. The normalized spacial score (nSPS) is 10.7. The van der Waals surface area contributed by atoms with Crippen molar-refractivity contribution < 1.29 is 14.3 Å². The summed E-state index contributed by atoms with van der Waals surface area (Å²) in [5.41, 5.74) is 1.24. The summed E-state index contributed by atoms with van der Waals surface area (Å²) >= 11 is 3.45. The molecule has 0 bridgehead atoms. The van der Waals surface area contributed by atoms with E-state index < -0.39 is 0 Å². The second kappa shape index (κ2) is 9.07. The van der Waals surface area contributed by atoms with Crippen LogP contribution in [0.25, 0.3) is 0 Å². The Balaban J connectivity index is 2.18. The lowest BCUT2D eigenvalue weighted by atomic mass is 10.2. The van der Waals surface area contributed by atoms with Gasteiger partial charge in [0.2, 0.25) is 0 Å². The molecule has 1 aromatic rings. The molecule has 0 aliphatic heterocycles. The van der Waals surface area contributed by atoms with Gasteiger partial charge in [0.1, 0.15) is 6.61 Å².